The summed E-state index contributed by atoms with van der Waals surface area (Å²) in [5.74, 6) is -0.409. The number of hydrogen-bond donors (Lipinski definition) is 2. The van der Waals surface area contributed by atoms with Gasteiger partial charge in [0, 0.05) is 29.6 Å². The first-order valence-electron chi connectivity index (χ1n) is 12.8. The number of hydrazone groups is 1. The van der Waals surface area contributed by atoms with Crippen LogP contribution in [0.1, 0.15) is 23.9 Å². The Kier molecular flexibility index (Phi) is 9.34. The zero-order valence-electron chi connectivity index (χ0n) is 23.5. The highest BCUT2D eigenvalue weighted by atomic mass is 35.5. The second-order valence-electron chi connectivity index (χ2n) is 9.32. The maximum atomic E-state index is 13.7. The van der Waals surface area contributed by atoms with E-state index in [1.807, 2.05) is 48.7 Å². The van der Waals surface area contributed by atoms with Crippen molar-refractivity contribution < 1.29 is 22.7 Å². The number of ether oxygens (including phenoxy) is 1. The first-order chi connectivity index (χ1) is 20.0. The number of para-hydroxylation sites is 1. The van der Waals surface area contributed by atoms with Gasteiger partial charge in [0.05, 0.1) is 34.6 Å². The number of nitrogens with zero attached hydrogens (tertiary/aromatic N) is 3. The summed E-state index contributed by atoms with van der Waals surface area (Å²) in [6.07, 6.45) is 1.50. The van der Waals surface area contributed by atoms with Gasteiger partial charge in [-0.3, -0.25) is 13.9 Å². The predicted molar refractivity (Wildman–Crippen MR) is 164 cm³/mol. The molecule has 1 aromatic heterocycles. The van der Waals surface area contributed by atoms with Crippen LogP contribution in [0.5, 0.6) is 5.75 Å². The number of sulfonamides is 1. The molecule has 1 heterocycles. The quantitative estimate of drug-likeness (QED) is 0.193. The molecular weight excluding hydrogens is 578 g/mol. The van der Waals surface area contributed by atoms with Gasteiger partial charge in [0.25, 0.3) is 15.9 Å². The van der Waals surface area contributed by atoms with Crippen LogP contribution < -0.4 is 19.8 Å². The zero-order chi connectivity index (χ0) is 30.4. The Hall–Kier alpha value is -4.61. The van der Waals surface area contributed by atoms with Crippen molar-refractivity contribution in [3.63, 3.8) is 0 Å². The molecule has 0 spiro atoms. The Morgan fingerprint density at radius 2 is 1.69 bits per heavy atom. The third kappa shape index (κ3) is 6.81. The van der Waals surface area contributed by atoms with Crippen LogP contribution in [0.3, 0.4) is 0 Å². The molecule has 4 aromatic rings. The van der Waals surface area contributed by atoms with Crippen molar-refractivity contribution in [3.8, 4) is 11.4 Å². The van der Waals surface area contributed by atoms with E-state index >= 15 is 0 Å². The van der Waals surface area contributed by atoms with Crippen LogP contribution in [0.2, 0.25) is 5.02 Å². The van der Waals surface area contributed by atoms with Gasteiger partial charge in [-0.15, -0.1) is 0 Å². The summed E-state index contributed by atoms with van der Waals surface area (Å²) in [7, 11) is -2.69. The van der Waals surface area contributed by atoms with Gasteiger partial charge in [0.2, 0.25) is 5.91 Å². The van der Waals surface area contributed by atoms with E-state index in [2.05, 4.69) is 15.8 Å². The molecule has 2 N–H and O–H groups in total. The predicted octanol–water partition coefficient (Wildman–Crippen LogP) is 5.06. The fraction of sp³-hybridized carbons (Fsp3) is 0.167. The van der Waals surface area contributed by atoms with Gasteiger partial charge >= 0.3 is 0 Å². The van der Waals surface area contributed by atoms with Crippen LogP contribution in [-0.2, 0) is 19.6 Å². The number of hydrogen-bond acceptors (Lipinski definition) is 6. The van der Waals surface area contributed by atoms with Crippen LogP contribution in [0.25, 0.3) is 5.69 Å². The Labute approximate surface area is 249 Å². The number of halogens is 1. The molecule has 10 nitrogen and oxygen atoms in total. The van der Waals surface area contributed by atoms with Crippen molar-refractivity contribution >= 4 is 51.0 Å². The summed E-state index contributed by atoms with van der Waals surface area (Å²) < 4.78 is 35.5. The summed E-state index contributed by atoms with van der Waals surface area (Å²) >= 11 is 6.39. The lowest BCUT2D eigenvalue weighted by molar-refractivity contribution is -0.119. The number of benzene rings is 3. The first kappa shape index (κ1) is 30.4. The number of carbonyl (C=O) groups excluding carboxylic acids is 2. The number of carbonyl (C=O) groups is 2. The average molecular weight is 608 g/mol. The lowest BCUT2D eigenvalue weighted by atomic mass is 10.2. The largest absolute Gasteiger partial charge is 0.497 e. The monoisotopic (exact) mass is 607 g/mol. The van der Waals surface area contributed by atoms with Crippen LogP contribution in [0, 0.1) is 13.8 Å². The molecule has 3 aromatic carbocycles. The van der Waals surface area contributed by atoms with E-state index in [0.717, 1.165) is 26.9 Å². The Balaban J connectivity index is 1.56. The van der Waals surface area contributed by atoms with Gasteiger partial charge in [0.15, 0.2) is 0 Å². The van der Waals surface area contributed by atoms with Crippen LogP contribution in [0.15, 0.2) is 88.9 Å². The van der Waals surface area contributed by atoms with Crippen LogP contribution in [-0.4, -0.2) is 44.7 Å². The third-order valence-corrected chi connectivity index (χ3v) is 8.47. The molecule has 0 unspecified atom stereocenters. The van der Waals surface area contributed by atoms with Crippen LogP contribution >= 0.6 is 11.6 Å². The normalized spacial score (nSPS) is 11.4. The standard InChI is InChI=1S/C30H30ClN5O5S/c1-20-17-23(21(2)36(20)29-8-6-5-7-28(29)31)18-32-34-30(38)19-35(25-11-13-26(41-4)14-12-25)42(39,40)27-15-9-24(10-16-27)33-22(3)37/h5-18H,19H2,1-4H3,(H,33,37)(H,34,38)/b32-18-. The van der Waals surface area contributed by atoms with Gasteiger partial charge in [-0.05, 0) is 80.6 Å². The SMILES string of the molecule is COc1ccc(N(CC(=O)N/N=C\c2cc(C)n(-c3ccccc3Cl)c2C)S(=O)(=O)c2ccc(NC(C)=O)cc2)cc1. The Morgan fingerprint density at radius 3 is 2.31 bits per heavy atom. The first-order valence-corrected chi connectivity index (χ1v) is 14.6. The molecule has 0 fully saturated rings. The highest BCUT2D eigenvalue weighted by Crippen LogP contribution is 2.27. The fourth-order valence-electron chi connectivity index (χ4n) is 4.37. The smallest absolute Gasteiger partial charge is 0.264 e. The topological polar surface area (TPSA) is 122 Å². The molecule has 0 atom stereocenters. The van der Waals surface area contributed by atoms with Crippen molar-refractivity contribution in [1.29, 1.82) is 0 Å². The molecule has 0 aliphatic carbocycles. The second-order valence-corrected chi connectivity index (χ2v) is 11.6. The number of methoxy groups -OCH3 is 1. The number of rotatable bonds is 10. The van der Waals surface area contributed by atoms with Crippen molar-refractivity contribution in [2.75, 3.05) is 23.3 Å². The summed E-state index contributed by atoms with van der Waals surface area (Å²) in [5, 5.41) is 7.28. The van der Waals surface area contributed by atoms with Gasteiger partial charge in [0.1, 0.15) is 12.3 Å². The van der Waals surface area contributed by atoms with Crippen molar-refractivity contribution in [2.45, 2.75) is 25.7 Å². The van der Waals surface area contributed by atoms with Gasteiger partial charge < -0.3 is 14.6 Å². The minimum absolute atomic E-state index is 0.0595. The maximum absolute atomic E-state index is 13.7. The van der Waals surface area contributed by atoms with Crippen molar-refractivity contribution in [2.24, 2.45) is 5.10 Å². The van der Waals surface area contributed by atoms with Gasteiger partial charge in [-0.1, -0.05) is 23.7 Å². The van der Waals surface area contributed by atoms with Gasteiger partial charge in [-0.2, -0.15) is 5.10 Å². The molecule has 2 amide bonds. The van der Waals surface area contributed by atoms with E-state index in [0.29, 0.717) is 16.5 Å². The summed E-state index contributed by atoms with van der Waals surface area (Å²) in [4.78, 5) is 24.3. The van der Waals surface area contributed by atoms with E-state index in [-0.39, 0.29) is 16.5 Å². The summed E-state index contributed by atoms with van der Waals surface area (Å²) in [5.41, 5.74) is 6.50. The van der Waals surface area contributed by atoms with Crippen molar-refractivity contribution in [3.05, 3.63) is 101 Å². The number of nitrogens with one attached hydrogen (secondary N) is 2. The third-order valence-electron chi connectivity index (χ3n) is 6.37. The van der Waals surface area contributed by atoms with Crippen molar-refractivity contribution in [1.82, 2.24) is 9.99 Å². The van der Waals surface area contributed by atoms with E-state index in [1.165, 1.54) is 44.5 Å². The van der Waals surface area contributed by atoms with E-state index in [4.69, 9.17) is 16.3 Å². The molecular formula is C30H30ClN5O5S. The Bertz CT molecular complexity index is 1730. The number of aromatic nitrogens is 1. The Morgan fingerprint density at radius 1 is 1.02 bits per heavy atom. The molecule has 12 heteroatoms. The van der Waals surface area contributed by atoms with E-state index in [1.54, 1.807) is 24.3 Å². The number of amides is 2. The zero-order valence-corrected chi connectivity index (χ0v) is 25.0. The molecule has 0 bridgehead atoms. The minimum atomic E-state index is -4.18. The molecule has 0 aliphatic heterocycles. The number of aryl methyl sites for hydroxylation is 1. The molecule has 42 heavy (non-hydrogen) atoms. The van der Waals surface area contributed by atoms with Crippen LogP contribution in [0.4, 0.5) is 11.4 Å². The lowest BCUT2D eigenvalue weighted by Gasteiger charge is -2.24. The summed E-state index contributed by atoms with van der Waals surface area (Å²) in [6, 6.07) is 21.3. The molecule has 0 aliphatic rings. The minimum Gasteiger partial charge on any atom is -0.497 e. The average Bonchev–Trinajstić information content (AvgIpc) is 3.24. The molecule has 218 valence electrons. The number of anilines is 2. The fourth-order valence-corrected chi connectivity index (χ4v) is 6.01. The highest BCUT2D eigenvalue weighted by molar-refractivity contribution is 7.92. The summed E-state index contributed by atoms with van der Waals surface area (Å²) in [6.45, 7) is 4.66. The second kappa shape index (κ2) is 12.9. The molecule has 0 saturated heterocycles. The molecule has 4 rings (SSSR count). The van der Waals surface area contributed by atoms with E-state index in [9.17, 15) is 18.0 Å². The lowest BCUT2D eigenvalue weighted by Crippen LogP contribution is -2.39. The molecule has 0 radical (unpaired) electrons. The highest BCUT2D eigenvalue weighted by Gasteiger charge is 2.27. The maximum Gasteiger partial charge on any atom is 0.264 e. The van der Waals surface area contributed by atoms with Gasteiger partial charge in [-0.25, -0.2) is 13.8 Å². The molecule has 0 saturated carbocycles. The van der Waals surface area contributed by atoms with E-state index < -0.39 is 22.5 Å².